The van der Waals surface area contributed by atoms with E-state index >= 15 is 0 Å². The number of allylic oxidation sites excluding steroid dienone is 10. The van der Waals surface area contributed by atoms with E-state index in [4.69, 9.17) is 14.2 Å². The van der Waals surface area contributed by atoms with Crippen LogP contribution in [0.4, 0.5) is 0 Å². The van der Waals surface area contributed by atoms with Crippen LogP contribution in [0.2, 0.25) is 0 Å². The Balaban J connectivity index is 4.38. The molecule has 0 bridgehead atoms. The van der Waals surface area contributed by atoms with Crippen molar-refractivity contribution in [2.45, 2.75) is 322 Å². The van der Waals surface area contributed by atoms with Crippen molar-refractivity contribution in [3.05, 3.63) is 60.8 Å². The third-order valence-corrected chi connectivity index (χ3v) is 13.5. The van der Waals surface area contributed by atoms with Crippen LogP contribution in [-0.4, -0.2) is 37.2 Å². The van der Waals surface area contributed by atoms with E-state index in [1.165, 1.54) is 180 Å². The SMILES string of the molecule is CC/C=C\C/C=C\C/C=C\C/C=C\C/C=C\CCCCCC(=O)OC(COC(=O)CCCCCCCCCCCCCCCC)COC(=O)CCCCCCCCCCCCCCCCCCCCCC. The fraction of sp³-hybridized carbons (Fsp3) is 0.800. The van der Waals surface area contributed by atoms with Gasteiger partial charge in [-0.2, -0.15) is 0 Å². The molecule has 412 valence electrons. The molecule has 0 aromatic rings. The molecule has 0 fully saturated rings. The summed E-state index contributed by atoms with van der Waals surface area (Å²) < 4.78 is 16.9. The number of hydrogen-bond donors (Lipinski definition) is 0. The number of unbranched alkanes of at least 4 members (excludes halogenated alkanes) is 35. The zero-order valence-electron chi connectivity index (χ0n) is 47.2. The maximum atomic E-state index is 12.9. The minimum atomic E-state index is -0.789. The predicted octanol–water partition coefficient (Wildman–Crippen LogP) is 20.8. The van der Waals surface area contributed by atoms with Crippen LogP contribution < -0.4 is 0 Å². The van der Waals surface area contributed by atoms with E-state index in [1.54, 1.807) is 0 Å². The highest BCUT2D eigenvalue weighted by Crippen LogP contribution is 2.17. The fourth-order valence-corrected chi connectivity index (χ4v) is 8.94. The Morgan fingerprint density at radius 1 is 0.296 bits per heavy atom. The van der Waals surface area contributed by atoms with E-state index in [2.05, 4.69) is 81.5 Å². The normalized spacial score (nSPS) is 12.4. The minimum Gasteiger partial charge on any atom is -0.462 e. The van der Waals surface area contributed by atoms with Crippen LogP contribution in [0.3, 0.4) is 0 Å². The van der Waals surface area contributed by atoms with Crippen molar-refractivity contribution in [2.75, 3.05) is 13.2 Å². The monoisotopic (exact) mass is 993 g/mol. The van der Waals surface area contributed by atoms with Gasteiger partial charge in [0, 0.05) is 19.3 Å². The third kappa shape index (κ3) is 57.9. The van der Waals surface area contributed by atoms with Gasteiger partial charge in [-0.05, 0) is 64.2 Å². The average molecular weight is 994 g/mol. The van der Waals surface area contributed by atoms with Gasteiger partial charge in [-0.15, -0.1) is 0 Å². The first kappa shape index (κ1) is 68.1. The lowest BCUT2D eigenvalue weighted by atomic mass is 10.0. The fourth-order valence-electron chi connectivity index (χ4n) is 8.94. The lowest BCUT2D eigenvalue weighted by Gasteiger charge is -2.18. The van der Waals surface area contributed by atoms with Crippen LogP contribution in [-0.2, 0) is 28.6 Å². The Morgan fingerprint density at radius 2 is 0.549 bits per heavy atom. The number of ether oxygens (including phenoxy) is 3. The summed E-state index contributed by atoms with van der Waals surface area (Å²) in [6, 6.07) is 0. The lowest BCUT2D eigenvalue weighted by Crippen LogP contribution is -2.30. The molecule has 0 aromatic carbocycles. The highest BCUT2D eigenvalue weighted by molar-refractivity contribution is 5.71. The van der Waals surface area contributed by atoms with Gasteiger partial charge in [0.15, 0.2) is 6.10 Å². The van der Waals surface area contributed by atoms with Gasteiger partial charge in [-0.1, -0.05) is 293 Å². The van der Waals surface area contributed by atoms with Crippen molar-refractivity contribution in [1.82, 2.24) is 0 Å². The maximum absolute atomic E-state index is 12.9. The van der Waals surface area contributed by atoms with Crippen LogP contribution in [0.15, 0.2) is 60.8 Å². The summed E-state index contributed by atoms with van der Waals surface area (Å²) in [7, 11) is 0. The van der Waals surface area contributed by atoms with Gasteiger partial charge in [0.2, 0.25) is 0 Å². The highest BCUT2D eigenvalue weighted by atomic mass is 16.6. The zero-order valence-corrected chi connectivity index (χ0v) is 47.2. The third-order valence-electron chi connectivity index (χ3n) is 13.5. The molecule has 0 saturated heterocycles. The first-order chi connectivity index (χ1) is 35.0. The van der Waals surface area contributed by atoms with E-state index < -0.39 is 6.10 Å². The molecule has 0 heterocycles. The molecule has 0 aliphatic rings. The Bertz CT molecular complexity index is 1280. The van der Waals surface area contributed by atoms with Crippen molar-refractivity contribution in [1.29, 1.82) is 0 Å². The molecule has 6 nitrogen and oxygen atoms in total. The number of hydrogen-bond acceptors (Lipinski definition) is 6. The molecule has 0 spiro atoms. The smallest absolute Gasteiger partial charge is 0.306 e. The quantitative estimate of drug-likeness (QED) is 0.0261. The van der Waals surface area contributed by atoms with Gasteiger partial charge in [0.05, 0.1) is 0 Å². The second-order valence-electron chi connectivity index (χ2n) is 20.6. The molecule has 1 atom stereocenters. The molecule has 0 radical (unpaired) electrons. The molecule has 0 aliphatic heterocycles. The largest absolute Gasteiger partial charge is 0.462 e. The van der Waals surface area contributed by atoms with Crippen LogP contribution in [0, 0.1) is 0 Å². The van der Waals surface area contributed by atoms with E-state index in [1.807, 2.05) is 0 Å². The molecule has 0 rings (SSSR count). The van der Waals surface area contributed by atoms with E-state index in [9.17, 15) is 14.4 Å². The van der Waals surface area contributed by atoms with Crippen LogP contribution in [0.25, 0.3) is 0 Å². The molecule has 6 heteroatoms. The first-order valence-electron chi connectivity index (χ1n) is 30.8. The summed E-state index contributed by atoms with van der Waals surface area (Å²) in [6.45, 7) is 6.55. The van der Waals surface area contributed by atoms with Crippen molar-refractivity contribution in [2.24, 2.45) is 0 Å². The second-order valence-corrected chi connectivity index (χ2v) is 20.6. The Kier molecular flexibility index (Phi) is 57.2. The van der Waals surface area contributed by atoms with Crippen LogP contribution >= 0.6 is 0 Å². The molecule has 0 aliphatic carbocycles. The van der Waals surface area contributed by atoms with Gasteiger partial charge < -0.3 is 14.2 Å². The second kappa shape index (κ2) is 59.7. The van der Waals surface area contributed by atoms with E-state index in [-0.39, 0.29) is 31.1 Å². The van der Waals surface area contributed by atoms with Crippen LogP contribution in [0.5, 0.6) is 0 Å². The highest BCUT2D eigenvalue weighted by Gasteiger charge is 2.19. The van der Waals surface area contributed by atoms with Gasteiger partial charge >= 0.3 is 17.9 Å². The van der Waals surface area contributed by atoms with Crippen LogP contribution in [0.1, 0.15) is 316 Å². The summed E-state index contributed by atoms with van der Waals surface area (Å²) in [6.07, 6.45) is 75.0. The number of rotatable bonds is 56. The average Bonchev–Trinajstić information content (AvgIpc) is 3.37. The Labute approximate surface area is 440 Å². The number of esters is 3. The number of carbonyl (C=O) groups is 3. The van der Waals surface area contributed by atoms with Crippen molar-refractivity contribution < 1.29 is 28.6 Å². The summed E-state index contributed by atoms with van der Waals surface area (Å²) in [5, 5.41) is 0. The van der Waals surface area contributed by atoms with Crippen molar-refractivity contribution in [3.8, 4) is 0 Å². The molecule has 1 unspecified atom stereocenters. The van der Waals surface area contributed by atoms with Crippen molar-refractivity contribution in [3.63, 3.8) is 0 Å². The van der Waals surface area contributed by atoms with Gasteiger partial charge in [-0.3, -0.25) is 14.4 Å². The van der Waals surface area contributed by atoms with Gasteiger partial charge in [0.25, 0.3) is 0 Å². The Morgan fingerprint density at radius 3 is 0.859 bits per heavy atom. The topological polar surface area (TPSA) is 78.9 Å². The summed E-state index contributed by atoms with van der Waals surface area (Å²) in [5.41, 5.74) is 0. The van der Waals surface area contributed by atoms with Gasteiger partial charge in [0.1, 0.15) is 13.2 Å². The predicted molar refractivity (Wildman–Crippen MR) is 307 cm³/mol. The van der Waals surface area contributed by atoms with Gasteiger partial charge in [-0.25, -0.2) is 0 Å². The minimum absolute atomic E-state index is 0.0834. The molecular weight excluding hydrogens is 877 g/mol. The summed E-state index contributed by atoms with van der Waals surface area (Å²) in [5.74, 6) is -0.897. The zero-order chi connectivity index (χ0) is 51.4. The molecular formula is C65H116O6. The van der Waals surface area contributed by atoms with E-state index in [0.29, 0.717) is 19.3 Å². The molecule has 0 amide bonds. The Hall–Kier alpha value is -2.89. The standard InChI is InChI=1S/C65H116O6/c1-4-7-10-13-16-19-22-25-28-30-32-34-35-37-40-43-46-49-52-55-58-64(67)70-61-62(60-69-63(66)57-54-51-48-45-42-39-27-24-21-18-15-12-9-6-3)71-65(68)59-56-53-50-47-44-41-38-36-33-31-29-26-23-20-17-14-11-8-5-2/h8,11,17,20,26,29,33,36,41,44,62H,4-7,9-10,12-16,18-19,21-25,27-28,30-32,34-35,37-40,42-43,45-61H2,1-3H3/b11-8-,20-17-,29-26-,36-33-,44-41-. The first-order valence-corrected chi connectivity index (χ1v) is 30.8. The van der Waals surface area contributed by atoms with Crippen molar-refractivity contribution >= 4 is 17.9 Å². The molecule has 0 N–H and O–H groups in total. The molecule has 0 aromatic heterocycles. The summed E-state index contributed by atoms with van der Waals surface area (Å²) in [4.78, 5) is 38.2. The summed E-state index contributed by atoms with van der Waals surface area (Å²) >= 11 is 0. The lowest BCUT2D eigenvalue weighted by molar-refractivity contribution is -0.167. The maximum Gasteiger partial charge on any atom is 0.306 e. The molecule has 0 saturated carbocycles. The van der Waals surface area contributed by atoms with E-state index in [0.717, 1.165) is 96.3 Å². The molecule has 71 heavy (non-hydrogen) atoms. The number of carbonyl (C=O) groups excluding carboxylic acids is 3.